The highest BCUT2D eigenvalue weighted by molar-refractivity contribution is 6.15. The van der Waals surface area contributed by atoms with Gasteiger partial charge in [-0.15, -0.1) is 0 Å². The Morgan fingerprint density at radius 3 is 2.36 bits per heavy atom. The predicted molar refractivity (Wildman–Crippen MR) is 38.1 cm³/mol. The molecule has 0 bridgehead atoms. The number of rotatable bonds is 1. The summed E-state index contributed by atoms with van der Waals surface area (Å²) in [5.74, 6) is 0. The van der Waals surface area contributed by atoms with Gasteiger partial charge in [0.15, 0.2) is 0 Å². The Labute approximate surface area is 66.2 Å². The second-order valence-electron chi connectivity index (χ2n) is 2.83. The van der Waals surface area contributed by atoms with Gasteiger partial charge in [0, 0.05) is 0 Å². The van der Waals surface area contributed by atoms with E-state index in [4.69, 9.17) is 17.7 Å². The summed E-state index contributed by atoms with van der Waals surface area (Å²) in [6, 6.07) is 0. The van der Waals surface area contributed by atoms with E-state index in [9.17, 15) is 10.2 Å². The van der Waals surface area contributed by atoms with Gasteiger partial charge in [0.25, 0.3) is 0 Å². The molecule has 4 atom stereocenters. The summed E-state index contributed by atoms with van der Waals surface area (Å²) in [6.07, 6.45) is -2.66. The quantitative estimate of drug-likeness (QED) is 0.385. The van der Waals surface area contributed by atoms with E-state index in [0.29, 0.717) is 0 Å². The number of hydrogen-bond donors (Lipinski definition) is 3. The van der Waals surface area contributed by atoms with Gasteiger partial charge in [0.1, 0.15) is 20.1 Å². The van der Waals surface area contributed by atoms with Crippen molar-refractivity contribution in [1.82, 2.24) is 0 Å². The molecule has 1 rings (SSSR count). The van der Waals surface area contributed by atoms with Crippen molar-refractivity contribution in [3.05, 3.63) is 0 Å². The highest BCUT2D eigenvalue weighted by Crippen LogP contribution is 2.27. The fourth-order valence-electron chi connectivity index (χ4n) is 1.13. The van der Waals surface area contributed by atoms with E-state index >= 15 is 0 Å². The summed E-state index contributed by atoms with van der Waals surface area (Å²) in [4.78, 5) is 0. The maximum Gasteiger partial charge on any atom is 0.120 e. The fraction of sp³-hybridized carbons (Fsp3) is 1.00. The monoisotopic (exact) mass is 158 g/mol. The van der Waals surface area contributed by atoms with Gasteiger partial charge < -0.3 is 20.1 Å². The minimum atomic E-state index is -1.74. The van der Waals surface area contributed by atoms with Crippen LogP contribution in [0.4, 0.5) is 0 Å². The molecule has 1 aliphatic rings. The minimum Gasteiger partial charge on any atom is -0.394 e. The molecule has 0 aliphatic carbocycles. The van der Waals surface area contributed by atoms with E-state index in [-0.39, 0.29) is 6.61 Å². The van der Waals surface area contributed by atoms with Crippen LogP contribution in [-0.2, 0) is 4.74 Å². The Balaban J connectivity index is 2.71. The van der Waals surface area contributed by atoms with Crippen LogP contribution < -0.4 is 0 Å². The molecule has 0 aromatic heterocycles. The minimum absolute atomic E-state index is 0.342. The summed E-state index contributed by atoms with van der Waals surface area (Å²) in [6.45, 7) is 1.20. The van der Waals surface area contributed by atoms with Crippen molar-refractivity contribution in [2.75, 3.05) is 6.61 Å². The van der Waals surface area contributed by atoms with Crippen LogP contribution in [0, 0.1) is 0 Å². The Kier molecular flexibility index (Phi) is 2.25. The Morgan fingerprint density at radius 2 is 2.18 bits per heavy atom. The van der Waals surface area contributed by atoms with E-state index in [2.05, 4.69) is 0 Å². The van der Waals surface area contributed by atoms with Crippen LogP contribution in [0.3, 0.4) is 0 Å². The Morgan fingerprint density at radius 1 is 1.64 bits per heavy atom. The van der Waals surface area contributed by atoms with Crippen molar-refractivity contribution in [1.29, 1.82) is 0 Å². The van der Waals surface area contributed by atoms with Crippen LogP contribution in [0.25, 0.3) is 0 Å². The van der Waals surface area contributed by atoms with Crippen LogP contribution >= 0.6 is 0 Å². The van der Waals surface area contributed by atoms with Gasteiger partial charge in [-0.3, -0.25) is 0 Å². The molecule has 1 fully saturated rings. The molecule has 3 unspecified atom stereocenters. The van der Waals surface area contributed by atoms with Crippen LogP contribution in [0.5, 0.6) is 0 Å². The van der Waals surface area contributed by atoms with Crippen LogP contribution in [0.15, 0.2) is 0 Å². The molecule has 1 heterocycles. The van der Waals surface area contributed by atoms with Crippen molar-refractivity contribution in [2.45, 2.75) is 30.7 Å². The molecular formula is C6H11BO4. The number of aliphatic hydroxyl groups is 3. The van der Waals surface area contributed by atoms with E-state index in [0.717, 1.165) is 0 Å². The molecule has 0 spiro atoms. The Hall–Kier alpha value is -0.0951. The lowest BCUT2D eigenvalue weighted by molar-refractivity contribution is -0.0176. The Bertz CT molecular complexity index is 150. The first kappa shape index (κ1) is 9.00. The number of aliphatic hydroxyl groups excluding tert-OH is 2. The summed E-state index contributed by atoms with van der Waals surface area (Å²) >= 11 is 0. The third-order valence-electron chi connectivity index (χ3n) is 2.04. The summed E-state index contributed by atoms with van der Waals surface area (Å²) in [5.41, 5.74) is -1.74. The largest absolute Gasteiger partial charge is 0.394 e. The standard InChI is InChI=1S/C6H11BO4/c1-3-6(7,10)5(9)4(2-8)11-3/h3-5,8-10H,2H2,1H3/t3-,4?,5?,6?/m0/s1. The molecule has 0 amide bonds. The van der Waals surface area contributed by atoms with Crippen LogP contribution in [0.2, 0.25) is 0 Å². The lowest BCUT2D eigenvalue weighted by Gasteiger charge is -2.24. The second kappa shape index (κ2) is 2.75. The van der Waals surface area contributed by atoms with Gasteiger partial charge in [0.05, 0.1) is 18.2 Å². The molecule has 11 heavy (non-hydrogen) atoms. The first-order chi connectivity index (χ1) is 5.00. The van der Waals surface area contributed by atoms with Crippen molar-refractivity contribution >= 4 is 7.85 Å². The van der Waals surface area contributed by atoms with Crippen molar-refractivity contribution in [3.63, 3.8) is 0 Å². The highest BCUT2D eigenvalue weighted by atomic mass is 16.6. The zero-order valence-electron chi connectivity index (χ0n) is 6.27. The van der Waals surface area contributed by atoms with Gasteiger partial charge in [-0.25, -0.2) is 0 Å². The summed E-state index contributed by atoms with van der Waals surface area (Å²) < 4.78 is 4.96. The van der Waals surface area contributed by atoms with Gasteiger partial charge in [-0.2, -0.15) is 0 Å². The highest BCUT2D eigenvalue weighted by Gasteiger charge is 2.48. The summed E-state index contributed by atoms with van der Waals surface area (Å²) in [5, 5.41) is 27.2. The molecule has 0 saturated carbocycles. The van der Waals surface area contributed by atoms with Crippen molar-refractivity contribution in [2.24, 2.45) is 0 Å². The molecule has 62 valence electrons. The average Bonchev–Trinajstić information content (AvgIpc) is 2.14. The molecule has 5 heteroatoms. The van der Waals surface area contributed by atoms with Crippen LogP contribution in [-0.4, -0.2) is 53.6 Å². The topological polar surface area (TPSA) is 69.9 Å². The molecular weight excluding hydrogens is 147 g/mol. The second-order valence-corrected chi connectivity index (χ2v) is 2.83. The smallest absolute Gasteiger partial charge is 0.120 e. The van der Waals surface area contributed by atoms with E-state index in [1.165, 1.54) is 0 Å². The SMILES string of the molecule is [B]C1(O)C(O)C(CO)O[C@H]1C. The van der Waals surface area contributed by atoms with Gasteiger partial charge >= 0.3 is 0 Å². The fourth-order valence-corrected chi connectivity index (χ4v) is 1.13. The number of hydrogen-bond acceptors (Lipinski definition) is 4. The zero-order valence-corrected chi connectivity index (χ0v) is 6.27. The average molecular weight is 158 g/mol. The first-order valence-electron chi connectivity index (χ1n) is 3.45. The molecule has 2 radical (unpaired) electrons. The predicted octanol–water partition coefficient (Wildman–Crippen LogP) is -2.02. The third kappa shape index (κ3) is 1.29. The molecule has 4 nitrogen and oxygen atoms in total. The molecule has 3 N–H and O–H groups in total. The van der Waals surface area contributed by atoms with Crippen molar-refractivity contribution < 1.29 is 20.1 Å². The third-order valence-corrected chi connectivity index (χ3v) is 2.04. The maximum atomic E-state index is 9.32. The zero-order chi connectivity index (χ0) is 8.65. The normalized spacial score (nSPS) is 51.5. The lowest BCUT2D eigenvalue weighted by atomic mass is 9.73. The lowest BCUT2D eigenvalue weighted by Crippen LogP contribution is -2.48. The molecule has 1 aliphatic heterocycles. The van der Waals surface area contributed by atoms with E-state index in [1.807, 2.05) is 0 Å². The molecule has 0 aromatic carbocycles. The van der Waals surface area contributed by atoms with Gasteiger partial charge in [-0.1, -0.05) is 0 Å². The molecule has 1 saturated heterocycles. The van der Waals surface area contributed by atoms with Crippen LogP contribution in [0.1, 0.15) is 6.92 Å². The van der Waals surface area contributed by atoms with E-state index in [1.54, 1.807) is 6.92 Å². The molecule has 0 aromatic rings. The first-order valence-corrected chi connectivity index (χ1v) is 3.45. The van der Waals surface area contributed by atoms with Gasteiger partial charge in [-0.05, 0) is 6.92 Å². The van der Waals surface area contributed by atoms with Crippen molar-refractivity contribution in [3.8, 4) is 0 Å². The maximum absolute atomic E-state index is 9.32. The summed E-state index contributed by atoms with van der Waals surface area (Å²) in [7, 11) is 5.30. The number of ether oxygens (including phenoxy) is 1. The van der Waals surface area contributed by atoms with E-state index < -0.39 is 23.8 Å². The van der Waals surface area contributed by atoms with Gasteiger partial charge in [0.2, 0.25) is 0 Å².